The van der Waals surface area contributed by atoms with Crippen molar-refractivity contribution < 1.29 is 9.53 Å². The molecule has 2 aliphatic carbocycles. The molecule has 2 aliphatic rings. The zero-order chi connectivity index (χ0) is 11.9. The maximum atomic E-state index is 12.2. The van der Waals surface area contributed by atoms with E-state index < -0.39 is 0 Å². The van der Waals surface area contributed by atoms with Gasteiger partial charge in [0.15, 0.2) is 0 Å². The average molecular weight is 231 g/mol. The van der Waals surface area contributed by atoms with Crippen molar-refractivity contribution in [3.63, 3.8) is 0 Å². The molecule has 3 heteroatoms. The Labute approximate surface area is 101 Å². The SMILES string of the molecule is Nc1ccc(C2(C(=O)OC3CCC3)CC2)cc1. The highest BCUT2D eigenvalue weighted by Gasteiger charge is 2.53. The number of carbonyl (C=O) groups is 1. The van der Waals surface area contributed by atoms with E-state index in [0.29, 0.717) is 0 Å². The molecule has 17 heavy (non-hydrogen) atoms. The van der Waals surface area contributed by atoms with Crippen LogP contribution in [0.1, 0.15) is 37.7 Å². The number of ether oxygens (including phenoxy) is 1. The summed E-state index contributed by atoms with van der Waals surface area (Å²) in [6, 6.07) is 7.60. The Kier molecular flexibility index (Phi) is 2.35. The molecule has 0 heterocycles. The molecule has 0 bridgehead atoms. The van der Waals surface area contributed by atoms with Crippen molar-refractivity contribution >= 4 is 11.7 Å². The summed E-state index contributed by atoms with van der Waals surface area (Å²) in [6.07, 6.45) is 5.24. The van der Waals surface area contributed by atoms with Gasteiger partial charge in [0.25, 0.3) is 0 Å². The van der Waals surface area contributed by atoms with E-state index in [1.807, 2.05) is 24.3 Å². The molecule has 0 aromatic heterocycles. The first kappa shape index (κ1) is 10.6. The van der Waals surface area contributed by atoms with E-state index in [2.05, 4.69) is 0 Å². The van der Waals surface area contributed by atoms with Gasteiger partial charge in [0.1, 0.15) is 6.10 Å². The van der Waals surface area contributed by atoms with Crippen LogP contribution in [0.4, 0.5) is 5.69 Å². The summed E-state index contributed by atoms with van der Waals surface area (Å²) in [6.45, 7) is 0. The van der Waals surface area contributed by atoms with Gasteiger partial charge in [-0.25, -0.2) is 0 Å². The number of benzene rings is 1. The van der Waals surface area contributed by atoms with Crippen LogP contribution in [-0.2, 0) is 14.9 Å². The molecule has 90 valence electrons. The molecule has 1 aromatic rings. The van der Waals surface area contributed by atoms with Crippen molar-refractivity contribution in [1.29, 1.82) is 0 Å². The van der Waals surface area contributed by atoms with Crippen LogP contribution in [0.3, 0.4) is 0 Å². The average Bonchev–Trinajstić information content (AvgIpc) is 3.05. The first-order valence-electron chi connectivity index (χ1n) is 6.28. The zero-order valence-electron chi connectivity index (χ0n) is 9.82. The fourth-order valence-corrected chi connectivity index (χ4v) is 2.29. The third-order valence-electron chi connectivity index (χ3n) is 3.93. The van der Waals surface area contributed by atoms with E-state index in [0.717, 1.165) is 36.9 Å². The van der Waals surface area contributed by atoms with E-state index in [-0.39, 0.29) is 17.5 Å². The van der Waals surface area contributed by atoms with Gasteiger partial charge in [0.2, 0.25) is 0 Å². The third-order valence-corrected chi connectivity index (χ3v) is 3.93. The molecule has 2 saturated carbocycles. The molecule has 0 unspecified atom stereocenters. The van der Waals surface area contributed by atoms with Crippen LogP contribution in [0.25, 0.3) is 0 Å². The van der Waals surface area contributed by atoms with Crippen LogP contribution in [0, 0.1) is 0 Å². The summed E-state index contributed by atoms with van der Waals surface area (Å²) in [5, 5.41) is 0. The minimum Gasteiger partial charge on any atom is -0.462 e. The number of anilines is 1. The molecule has 0 aliphatic heterocycles. The summed E-state index contributed by atoms with van der Waals surface area (Å²) in [5.74, 6) is -0.0352. The molecule has 0 atom stereocenters. The lowest BCUT2D eigenvalue weighted by molar-refractivity contribution is -0.156. The van der Waals surface area contributed by atoms with Gasteiger partial charge in [-0.2, -0.15) is 0 Å². The van der Waals surface area contributed by atoms with E-state index in [1.165, 1.54) is 6.42 Å². The van der Waals surface area contributed by atoms with E-state index >= 15 is 0 Å². The summed E-state index contributed by atoms with van der Waals surface area (Å²) in [4.78, 5) is 12.2. The third kappa shape index (κ3) is 1.79. The van der Waals surface area contributed by atoms with Crippen molar-refractivity contribution in [2.75, 3.05) is 5.73 Å². The number of hydrogen-bond acceptors (Lipinski definition) is 3. The lowest BCUT2D eigenvalue weighted by atomic mass is 9.93. The number of esters is 1. The quantitative estimate of drug-likeness (QED) is 0.642. The highest BCUT2D eigenvalue weighted by molar-refractivity contribution is 5.87. The van der Waals surface area contributed by atoms with Gasteiger partial charge in [-0.3, -0.25) is 4.79 Å². The maximum Gasteiger partial charge on any atom is 0.316 e. The zero-order valence-corrected chi connectivity index (χ0v) is 9.82. The normalized spacial score (nSPS) is 21.6. The van der Waals surface area contributed by atoms with Gasteiger partial charge in [-0.15, -0.1) is 0 Å². The molecular weight excluding hydrogens is 214 g/mol. The van der Waals surface area contributed by atoms with Crippen LogP contribution in [-0.4, -0.2) is 12.1 Å². The van der Waals surface area contributed by atoms with Gasteiger partial charge in [0, 0.05) is 5.69 Å². The summed E-state index contributed by atoms with van der Waals surface area (Å²) in [7, 11) is 0. The molecule has 0 radical (unpaired) electrons. The Hall–Kier alpha value is -1.51. The Balaban J connectivity index is 1.76. The lowest BCUT2D eigenvalue weighted by Gasteiger charge is -2.27. The highest BCUT2D eigenvalue weighted by atomic mass is 16.5. The van der Waals surface area contributed by atoms with Gasteiger partial charge in [0.05, 0.1) is 5.41 Å². The minimum absolute atomic E-state index is 0.0352. The van der Waals surface area contributed by atoms with Crippen LogP contribution in [0.15, 0.2) is 24.3 Å². The molecule has 2 fully saturated rings. The lowest BCUT2D eigenvalue weighted by Crippen LogP contribution is -2.31. The highest BCUT2D eigenvalue weighted by Crippen LogP contribution is 2.50. The van der Waals surface area contributed by atoms with Crippen molar-refractivity contribution in [3.05, 3.63) is 29.8 Å². The smallest absolute Gasteiger partial charge is 0.316 e. The Bertz CT molecular complexity index is 430. The fraction of sp³-hybridized carbons (Fsp3) is 0.500. The molecular formula is C14H17NO2. The molecule has 3 rings (SSSR count). The molecule has 3 nitrogen and oxygen atoms in total. The molecule has 1 aromatic carbocycles. The second-order valence-corrected chi connectivity index (χ2v) is 5.16. The second kappa shape index (κ2) is 3.76. The Morgan fingerprint density at radius 1 is 1.24 bits per heavy atom. The van der Waals surface area contributed by atoms with Gasteiger partial charge in [-0.05, 0) is 49.8 Å². The number of rotatable bonds is 3. The van der Waals surface area contributed by atoms with E-state index in [9.17, 15) is 4.79 Å². The topological polar surface area (TPSA) is 52.3 Å². The molecule has 0 spiro atoms. The Morgan fingerprint density at radius 2 is 1.88 bits per heavy atom. The molecule has 0 saturated heterocycles. The molecule has 2 N–H and O–H groups in total. The minimum atomic E-state index is -0.358. The predicted molar refractivity (Wildman–Crippen MR) is 65.5 cm³/mol. The monoisotopic (exact) mass is 231 g/mol. The van der Waals surface area contributed by atoms with Crippen molar-refractivity contribution in [1.82, 2.24) is 0 Å². The van der Waals surface area contributed by atoms with E-state index in [4.69, 9.17) is 10.5 Å². The summed E-state index contributed by atoms with van der Waals surface area (Å²) >= 11 is 0. The number of hydrogen-bond donors (Lipinski definition) is 1. The van der Waals surface area contributed by atoms with E-state index in [1.54, 1.807) is 0 Å². The predicted octanol–water partition coefficient (Wildman–Crippen LogP) is 2.40. The maximum absolute atomic E-state index is 12.2. The van der Waals surface area contributed by atoms with Gasteiger partial charge < -0.3 is 10.5 Å². The first-order chi connectivity index (χ1) is 8.21. The van der Waals surface area contributed by atoms with Gasteiger partial charge in [-0.1, -0.05) is 12.1 Å². The van der Waals surface area contributed by atoms with Gasteiger partial charge >= 0.3 is 5.97 Å². The molecule has 0 amide bonds. The van der Waals surface area contributed by atoms with Crippen molar-refractivity contribution in [2.24, 2.45) is 0 Å². The number of nitrogens with two attached hydrogens (primary N) is 1. The van der Waals surface area contributed by atoms with Crippen LogP contribution >= 0.6 is 0 Å². The number of carbonyl (C=O) groups excluding carboxylic acids is 1. The van der Waals surface area contributed by atoms with Crippen LogP contribution < -0.4 is 5.73 Å². The first-order valence-corrected chi connectivity index (χ1v) is 6.28. The fourth-order valence-electron chi connectivity index (χ4n) is 2.29. The van der Waals surface area contributed by atoms with Crippen molar-refractivity contribution in [3.8, 4) is 0 Å². The summed E-state index contributed by atoms with van der Waals surface area (Å²) in [5.41, 5.74) is 7.09. The second-order valence-electron chi connectivity index (χ2n) is 5.16. The Morgan fingerprint density at radius 3 is 2.35 bits per heavy atom. The number of nitrogen functional groups attached to an aromatic ring is 1. The standard InChI is InChI=1S/C14H17NO2/c15-11-6-4-10(5-7-11)14(8-9-14)13(16)17-12-2-1-3-12/h4-7,12H,1-3,8-9,15H2. The summed E-state index contributed by atoms with van der Waals surface area (Å²) < 4.78 is 5.53. The van der Waals surface area contributed by atoms with Crippen LogP contribution in [0.2, 0.25) is 0 Å². The van der Waals surface area contributed by atoms with Crippen molar-refractivity contribution in [2.45, 2.75) is 43.6 Å². The largest absolute Gasteiger partial charge is 0.462 e. The van der Waals surface area contributed by atoms with Crippen LogP contribution in [0.5, 0.6) is 0 Å².